The largest absolute Gasteiger partial charge is 0.0991 e. The SMILES string of the molecule is C=CC=CC=CC=CC=CC=CCCCCCCCCCCCCCCC. The van der Waals surface area contributed by atoms with Gasteiger partial charge in [-0.05, 0) is 12.8 Å². The predicted octanol–water partition coefficient (Wildman–Crippen LogP) is 9.43. The highest BCUT2D eigenvalue weighted by Gasteiger charge is 1.93. The van der Waals surface area contributed by atoms with E-state index < -0.39 is 0 Å². The molecule has 0 aromatic heterocycles. The molecule has 0 amide bonds. The van der Waals surface area contributed by atoms with Gasteiger partial charge in [0.05, 0.1) is 0 Å². The van der Waals surface area contributed by atoms with Gasteiger partial charge >= 0.3 is 0 Å². The average molecular weight is 369 g/mol. The van der Waals surface area contributed by atoms with Crippen molar-refractivity contribution in [3.63, 3.8) is 0 Å². The van der Waals surface area contributed by atoms with E-state index in [-0.39, 0.29) is 0 Å². The maximum Gasteiger partial charge on any atom is -0.0348 e. The lowest BCUT2D eigenvalue weighted by Crippen LogP contribution is -1.82. The fraction of sp³-hybridized carbons (Fsp3) is 0.556. The Bertz CT molecular complexity index is 431. The number of hydrogen-bond acceptors (Lipinski definition) is 0. The zero-order chi connectivity index (χ0) is 19.7. The van der Waals surface area contributed by atoms with Crippen molar-refractivity contribution in [3.05, 3.63) is 73.4 Å². The molecule has 0 radical (unpaired) electrons. The first kappa shape index (κ1) is 25.4. The summed E-state index contributed by atoms with van der Waals surface area (Å²) in [7, 11) is 0. The Hall–Kier alpha value is -1.56. The number of hydrogen-bond donors (Lipinski definition) is 0. The van der Waals surface area contributed by atoms with E-state index in [1.54, 1.807) is 6.08 Å². The van der Waals surface area contributed by atoms with Gasteiger partial charge in [-0.3, -0.25) is 0 Å². The van der Waals surface area contributed by atoms with Crippen LogP contribution in [0, 0.1) is 0 Å². The van der Waals surface area contributed by atoms with Crippen LogP contribution in [-0.2, 0) is 0 Å². The normalized spacial score (nSPS) is 12.6. The van der Waals surface area contributed by atoms with E-state index in [0.717, 1.165) is 0 Å². The molecule has 0 aliphatic heterocycles. The molecule has 0 bridgehead atoms. The number of unbranched alkanes of at least 4 members (excludes halogenated alkanes) is 13. The molecule has 0 saturated carbocycles. The first-order chi connectivity index (χ1) is 13.4. The topological polar surface area (TPSA) is 0 Å². The third kappa shape index (κ3) is 24.4. The summed E-state index contributed by atoms with van der Waals surface area (Å²) in [6.45, 7) is 5.92. The Labute approximate surface area is 170 Å². The van der Waals surface area contributed by atoms with E-state index in [4.69, 9.17) is 0 Å². The van der Waals surface area contributed by atoms with Crippen LogP contribution in [0.5, 0.6) is 0 Å². The second-order valence-electron chi connectivity index (χ2n) is 7.23. The smallest absolute Gasteiger partial charge is 0.0348 e. The third-order valence-electron chi connectivity index (χ3n) is 4.64. The van der Waals surface area contributed by atoms with Crippen molar-refractivity contribution in [2.24, 2.45) is 0 Å². The van der Waals surface area contributed by atoms with Gasteiger partial charge in [0, 0.05) is 0 Å². The molecule has 0 fully saturated rings. The third-order valence-corrected chi connectivity index (χ3v) is 4.64. The van der Waals surface area contributed by atoms with E-state index in [1.807, 2.05) is 36.5 Å². The zero-order valence-electron chi connectivity index (χ0n) is 18.0. The monoisotopic (exact) mass is 368 g/mol. The quantitative estimate of drug-likeness (QED) is 0.157. The Morgan fingerprint density at radius 3 is 1.26 bits per heavy atom. The number of allylic oxidation sites excluding steroid dienone is 11. The molecule has 0 heterocycles. The zero-order valence-corrected chi connectivity index (χ0v) is 18.0. The van der Waals surface area contributed by atoms with Crippen molar-refractivity contribution in [2.45, 2.75) is 96.8 Å². The van der Waals surface area contributed by atoms with E-state index in [0.29, 0.717) is 0 Å². The van der Waals surface area contributed by atoms with Gasteiger partial charge in [-0.1, -0.05) is 157 Å². The summed E-state index contributed by atoms with van der Waals surface area (Å²) in [6.07, 6.45) is 42.1. The van der Waals surface area contributed by atoms with Crippen LogP contribution in [0.2, 0.25) is 0 Å². The highest BCUT2D eigenvalue weighted by Crippen LogP contribution is 2.12. The molecule has 0 rings (SSSR count). The van der Waals surface area contributed by atoms with Crippen LogP contribution in [0.15, 0.2) is 73.4 Å². The summed E-state index contributed by atoms with van der Waals surface area (Å²) in [5, 5.41) is 0. The molecule has 152 valence electrons. The summed E-state index contributed by atoms with van der Waals surface area (Å²) >= 11 is 0. The highest BCUT2D eigenvalue weighted by molar-refractivity contribution is 5.18. The predicted molar refractivity (Wildman–Crippen MR) is 126 cm³/mol. The standard InChI is InChI=1S/C27H44/c1-3-5-7-9-11-13-15-17-19-21-23-25-27-26-24-22-20-18-16-14-12-10-8-6-4-2/h3,5,7,9,11,13,15,17,19,21,23H,1,4,6,8,10,12,14,16,18,20,22,24-27H2,2H3. The molecule has 0 heteroatoms. The summed E-state index contributed by atoms with van der Waals surface area (Å²) in [6, 6.07) is 0. The second kappa shape index (κ2) is 24.4. The highest BCUT2D eigenvalue weighted by atomic mass is 14.0. The van der Waals surface area contributed by atoms with Gasteiger partial charge in [-0.15, -0.1) is 0 Å². The van der Waals surface area contributed by atoms with Gasteiger partial charge in [-0.2, -0.15) is 0 Å². The van der Waals surface area contributed by atoms with Crippen LogP contribution in [0.4, 0.5) is 0 Å². The molecule has 0 aromatic carbocycles. The lowest BCUT2D eigenvalue weighted by atomic mass is 10.0. The molecule has 0 saturated heterocycles. The molecule has 0 aliphatic carbocycles. The van der Waals surface area contributed by atoms with Crippen LogP contribution in [0.25, 0.3) is 0 Å². The Morgan fingerprint density at radius 2 is 0.815 bits per heavy atom. The van der Waals surface area contributed by atoms with Crippen LogP contribution < -0.4 is 0 Å². The molecule has 0 N–H and O–H groups in total. The molecule has 0 spiro atoms. The first-order valence-electron chi connectivity index (χ1n) is 11.4. The molecule has 0 aliphatic rings. The summed E-state index contributed by atoms with van der Waals surface area (Å²) in [5.74, 6) is 0. The minimum atomic E-state index is 1.21. The van der Waals surface area contributed by atoms with Gasteiger partial charge in [0.1, 0.15) is 0 Å². The van der Waals surface area contributed by atoms with Gasteiger partial charge in [0.15, 0.2) is 0 Å². The second-order valence-corrected chi connectivity index (χ2v) is 7.23. The minimum Gasteiger partial charge on any atom is -0.0991 e. The maximum atomic E-state index is 3.63. The van der Waals surface area contributed by atoms with Crippen molar-refractivity contribution >= 4 is 0 Å². The van der Waals surface area contributed by atoms with E-state index in [1.165, 1.54) is 89.9 Å². The van der Waals surface area contributed by atoms with Gasteiger partial charge in [0.2, 0.25) is 0 Å². The van der Waals surface area contributed by atoms with Gasteiger partial charge in [-0.25, -0.2) is 0 Å². The van der Waals surface area contributed by atoms with E-state index >= 15 is 0 Å². The molecule has 27 heavy (non-hydrogen) atoms. The van der Waals surface area contributed by atoms with Gasteiger partial charge < -0.3 is 0 Å². The average Bonchev–Trinajstić information content (AvgIpc) is 2.68. The summed E-state index contributed by atoms with van der Waals surface area (Å²) in [5.41, 5.74) is 0. The minimum absolute atomic E-state index is 1.21. The summed E-state index contributed by atoms with van der Waals surface area (Å²) < 4.78 is 0. The van der Waals surface area contributed by atoms with E-state index in [2.05, 4.69) is 37.8 Å². The Morgan fingerprint density at radius 1 is 0.444 bits per heavy atom. The summed E-state index contributed by atoms with van der Waals surface area (Å²) in [4.78, 5) is 0. The number of rotatable bonds is 19. The van der Waals surface area contributed by atoms with Crippen LogP contribution in [-0.4, -0.2) is 0 Å². The fourth-order valence-corrected chi connectivity index (χ4v) is 2.98. The molecular weight excluding hydrogens is 324 g/mol. The Kier molecular flexibility index (Phi) is 23.0. The Balaban J connectivity index is 3.29. The molecule has 0 aromatic rings. The van der Waals surface area contributed by atoms with Crippen molar-refractivity contribution in [3.8, 4) is 0 Å². The van der Waals surface area contributed by atoms with Gasteiger partial charge in [0.25, 0.3) is 0 Å². The molecule has 0 unspecified atom stereocenters. The van der Waals surface area contributed by atoms with Crippen molar-refractivity contribution < 1.29 is 0 Å². The van der Waals surface area contributed by atoms with Crippen molar-refractivity contribution in [2.75, 3.05) is 0 Å². The van der Waals surface area contributed by atoms with Crippen LogP contribution in [0.1, 0.15) is 96.8 Å². The lowest BCUT2D eigenvalue weighted by Gasteiger charge is -2.02. The maximum absolute atomic E-state index is 3.63. The molecule has 0 nitrogen and oxygen atoms in total. The lowest BCUT2D eigenvalue weighted by molar-refractivity contribution is 0.540. The first-order valence-corrected chi connectivity index (χ1v) is 11.4. The van der Waals surface area contributed by atoms with Crippen molar-refractivity contribution in [1.82, 2.24) is 0 Å². The van der Waals surface area contributed by atoms with Crippen molar-refractivity contribution in [1.29, 1.82) is 0 Å². The van der Waals surface area contributed by atoms with Crippen LogP contribution >= 0.6 is 0 Å². The fourth-order valence-electron chi connectivity index (χ4n) is 2.98. The van der Waals surface area contributed by atoms with Crippen LogP contribution in [0.3, 0.4) is 0 Å². The molecule has 0 atom stereocenters. The van der Waals surface area contributed by atoms with E-state index in [9.17, 15) is 0 Å². The molecular formula is C27H44.